The molecule has 0 amide bonds. The Hall–Kier alpha value is 0.0900. The Bertz CT molecular complexity index is 440. The topological polar surface area (TPSA) is 46.2 Å². The molecular formula is C11H18BrNO2S2. The summed E-state index contributed by atoms with van der Waals surface area (Å²) in [4.78, 5) is 1.53. The van der Waals surface area contributed by atoms with Crippen molar-refractivity contribution in [2.45, 2.75) is 42.1 Å². The molecular weight excluding hydrogens is 322 g/mol. The summed E-state index contributed by atoms with van der Waals surface area (Å²) in [6.07, 6.45) is 2.69. The molecule has 0 aliphatic heterocycles. The maximum atomic E-state index is 11.9. The molecule has 1 rings (SSSR count). The van der Waals surface area contributed by atoms with Gasteiger partial charge >= 0.3 is 0 Å². The molecule has 1 unspecified atom stereocenters. The fourth-order valence-electron chi connectivity index (χ4n) is 1.35. The average molecular weight is 340 g/mol. The summed E-state index contributed by atoms with van der Waals surface area (Å²) in [5, 5.41) is 0. The number of aryl methyl sites for hydroxylation is 1. The quantitative estimate of drug-likeness (QED) is 0.612. The van der Waals surface area contributed by atoms with E-state index in [0.29, 0.717) is 15.6 Å². The molecule has 0 aliphatic rings. The molecule has 0 saturated heterocycles. The van der Waals surface area contributed by atoms with Crippen molar-refractivity contribution in [3.05, 3.63) is 17.0 Å². The molecule has 1 heterocycles. The van der Waals surface area contributed by atoms with Gasteiger partial charge in [0, 0.05) is 16.2 Å². The van der Waals surface area contributed by atoms with E-state index in [1.807, 2.05) is 13.0 Å². The summed E-state index contributed by atoms with van der Waals surface area (Å²) in [7, 11) is -3.29. The van der Waals surface area contributed by atoms with E-state index in [9.17, 15) is 8.42 Å². The smallest absolute Gasteiger partial charge is 0.210 e. The van der Waals surface area contributed by atoms with Crippen LogP contribution in [0.5, 0.6) is 0 Å². The van der Waals surface area contributed by atoms with Crippen LogP contribution >= 0.6 is 27.3 Å². The van der Waals surface area contributed by atoms with Gasteiger partial charge in [-0.15, -0.1) is 11.3 Å². The molecule has 6 heteroatoms. The van der Waals surface area contributed by atoms with Crippen molar-refractivity contribution in [1.82, 2.24) is 4.72 Å². The first-order valence-corrected chi connectivity index (χ1v) is 8.89. The SMILES string of the molecule is CCc1ccc(S(=O)(=O)NCCCC(C)Br)s1. The van der Waals surface area contributed by atoms with Crippen molar-refractivity contribution in [2.24, 2.45) is 0 Å². The van der Waals surface area contributed by atoms with E-state index in [-0.39, 0.29) is 0 Å². The van der Waals surface area contributed by atoms with Gasteiger partial charge in [-0.25, -0.2) is 13.1 Å². The summed E-state index contributed by atoms with van der Waals surface area (Å²) >= 11 is 4.78. The number of alkyl halides is 1. The molecule has 0 aliphatic carbocycles. The Balaban J connectivity index is 2.51. The number of sulfonamides is 1. The van der Waals surface area contributed by atoms with E-state index in [1.165, 1.54) is 11.3 Å². The minimum atomic E-state index is -3.29. The van der Waals surface area contributed by atoms with Gasteiger partial charge in [-0.3, -0.25) is 0 Å². The van der Waals surface area contributed by atoms with Gasteiger partial charge in [0.2, 0.25) is 10.0 Å². The average Bonchev–Trinajstić information content (AvgIpc) is 2.73. The van der Waals surface area contributed by atoms with Crippen molar-refractivity contribution in [3.63, 3.8) is 0 Å². The monoisotopic (exact) mass is 339 g/mol. The molecule has 1 N–H and O–H groups in total. The fourth-order valence-corrected chi connectivity index (χ4v) is 4.09. The first kappa shape index (κ1) is 15.1. The highest BCUT2D eigenvalue weighted by molar-refractivity contribution is 9.09. The Morgan fingerprint density at radius 3 is 2.71 bits per heavy atom. The number of halogens is 1. The van der Waals surface area contributed by atoms with Crippen LogP contribution in [0.15, 0.2) is 16.3 Å². The summed E-state index contributed by atoms with van der Waals surface area (Å²) in [6, 6.07) is 3.55. The minimum absolute atomic E-state index is 0.418. The maximum Gasteiger partial charge on any atom is 0.250 e. The molecule has 0 aromatic carbocycles. The second-order valence-corrected chi connectivity index (χ2v) is 8.62. The highest BCUT2D eigenvalue weighted by Gasteiger charge is 2.15. The van der Waals surface area contributed by atoms with Gasteiger partial charge in [-0.2, -0.15) is 0 Å². The minimum Gasteiger partial charge on any atom is -0.210 e. The Morgan fingerprint density at radius 1 is 1.47 bits per heavy atom. The maximum absolute atomic E-state index is 11.9. The van der Waals surface area contributed by atoms with Gasteiger partial charge in [0.1, 0.15) is 4.21 Å². The number of hydrogen-bond acceptors (Lipinski definition) is 3. The zero-order valence-corrected chi connectivity index (χ0v) is 13.3. The van der Waals surface area contributed by atoms with Gasteiger partial charge < -0.3 is 0 Å². The first-order valence-electron chi connectivity index (χ1n) is 5.68. The van der Waals surface area contributed by atoms with E-state index >= 15 is 0 Å². The van der Waals surface area contributed by atoms with E-state index in [1.54, 1.807) is 6.07 Å². The predicted octanol–water partition coefficient (Wildman–Crippen LogP) is 3.15. The lowest BCUT2D eigenvalue weighted by molar-refractivity contribution is 0.579. The van der Waals surface area contributed by atoms with Crippen LogP contribution in [0.2, 0.25) is 0 Å². The van der Waals surface area contributed by atoms with Gasteiger partial charge in [0.05, 0.1) is 0 Å². The zero-order valence-electron chi connectivity index (χ0n) is 10.1. The van der Waals surface area contributed by atoms with E-state index < -0.39 is 10.0 Å². The van der Waals surface area contributed by atoms with E-state index in [4.69, 9.17) is 0 Å². The van der Waals surface area contributed by atoms with Crippen molar-refractivity contribution in [2.75, 3.05) is 6.54 Å². The molecule has 0 fully saturated rings. The lowest BCUT2D eigenvalue weighted by atomic mass is 10.2. The fraction of sp³-hybridized carbons (Fsp3) is 0.636. The lowest BCUT2D eigenvalue weighted by Crippen LogP contribution is -2.24. The van der Waals surface area contributed by atoms with Crippen LogP contribution in [0.25, 0.3) is 0 Å². The van der Waals surface area contributed by atoms with Crippen LogP contribution in [-0.4, -0.2) is 19.8 Å². The molecule has 0 saturated carbocycles. The summed E-state index contributed by atoms with van der Waals surface area (Å²) in [5.74, 6) is 0. The van der Waals surface area contributed by atoms with Gasteiger partial charge in [-0.1, -0.05) is 29.8 Å². The molecule has 0 bridgehead atoms. The van der Waals surface area contributed by atoms with Crippen LogP contribution < -0.4 is 4.72 Å². The largest absolute Gasteiger partial charge is 0.250 e. The first-order chi connectivity index (χ1) is 7.95. The molecule has 1 aromatic heterocycles. The van der Waals surface area contributed by atoms with Crippen molar-refractivity contribution in [3.8, 4) is 0 Å². The third-order valence-electron chi connectivity index (χ3n) is 2.32. The molecule has 0 spiro atoms. The van der Waals surface area contributed by atoms with Crippen molar-refractivity contribution in [1.29, 1.82) is 0 Å². The number of thiophene rings is 1. The van der Waals surface area contributed by atoms with Gasteiger partial charge in [0.25, 0.3) is 0 Å². The molecule has 3 nitrogen and oxygen atoms in total. The molecule has 98 valence electrons. The van der Waals surface area contributed by atoms with Crippen LogP contribution in [-0.2, 0) is 16.4 Å². The Labute approximate surface area is 116 Å². The molecule has 1 aromatic rings. The Kier molecular flexibility index (Phi) is 6.12. The summed E-state index contributed by atoms with van der Waals surface area (Å²) < 4.78 is 26.8. The third-order valence-corrected chi connectivity index (χ3v) is 5.96. The number of rotatable bonds is 7. The second kappa shape index (κ2) is 6.87. The van der Waals surface area contributed by atoms with Crippen LogP contribution in [0, 0.1) is 0 Å². The van der Waals surface area contributed by atoms with Crippen LogP contribution in [0.4, 0.5) is 0 Å². The third kappa shape index (κ3) is 5.07. The molecule has 1 atom stereocenters. The highest BCUT2D eigenvalue weighted by Crippen LogP contribution is 2.21. The van der Waals surface area contributed by atoms with E-state index in [2.05, 4.69) is 27.6 Å². The number of hydrogen-bond donors (Lipinski definition) is 1. The molecule has 17 heavy (non-hydrogen) atoms. The van der Waals surface area contributed by atoms with Gasteiger partial charge in [0.15, 0.2) is 0 Å². The van der Waals surface area contributed by atoms with Crippen molar-refractivity contribution < 1.29 is 8.42 Å². The van der Waals surface area contributed by atoms with Crippen LogP contribution in [0.1, 0.15) is 31.6 Å². The standard InChI is InChI=1S/C11H18BrNO2S2/c1-3-10-6-7-11(16-10)17(14,15)13-8-4-5-9(2)12/h6-7,9,13H,3-5,8H2,1-2H3. The number of nitrogens with one attached hydrogen (secondary N) is 1. The van der Waals surface area contributed by atoms with E-state index in [0.717, 1.165) is 24.1 Å². The normalized spacial score (nSPS) is 13.8. The highest BCUT2D eigenvalue weighted by atomic mass is 79.9. The second-order valence-electron chi connectivity index (χ2n) is 3.90. The summed E-state index contributed by atoms with van der Waals surface area (Å²) in [5.41, 5.74) is 0. The summed E-state index contributed by atoms with van der Waals surface area (Å²) in [6.45, 7) is 4.58. The van der Waals surface area contributed by atoms with Crippen LogP contribution in [0.3, 0.4) is 0 Å². The van der Waals surface area contributed by atoms with Gasteiger partial charge in [-0.05, 0) is 31.4 Å². The van der Waals surface area contributed by atoms with Crippen molar-refractivity contribution >= 4 is 37.3 Å². The Morgan fingerprint density at radius 2 is 2.18 bits per heavy atom. The lowest BCUT2D eigenvalue weighted by Gasteiger charge is -2.05. The predicted molar refractivity (Wildman–Crippen MR) is 76.5 cm³/mol. The molecule has 0 radical (unpaired) electrons. The zero-order chi connectivity index (χ0) is 12.9.